The number of rotatable bonds is 5. The fourth-order valence-electron chi connectivity index (χ4n) is 4.23. The topological polar surface area (TPSA) is 119 Å². The van der Waals surface area contributed by atoms with Gasteiger partial charge < -0.3 is 29.2 Å². The number of ether oxygens (including phenoxy) is 1. The molecule has 2 N–H and O–H groups in total. The van der Waals surface area contributed by atoms with Crippen molar-refractivity contribution < 1.29 is 19.4 Å². The average Bonchev–Trinajstić information content (AvgIpc) is 3.19. The van der Waals surface area contributed by atoms with Gasteiger partial charge in [-0.25, -0.2) is 9.78 Å². The Kier molecular flexibility index (Phi) is 7.23. The third-order valence-corrected chi connectivity index (χ3v) is 5.52. The number of carboxylic acid groups (broad SMARTS) is 1. The van der Waals surface area contributed by atoms with Crippen molar-refractivity contribution in [1.29, 1.82) is 0 Å². The van der Waals surface area contributed by atoms with Gasteiger partial charge in [0.1, 0.15) is 0 Å². The minimum atomic E-state index is -0.250. The highest BCUT2D eigenvalue weighted by Gasteiger charge is 2.36. The third-order valence-electron chi connectivity index (χ3n) is 5.52. The van der Waals surface area contributed by atoms with Crippen molar-refractivity contribution in [1.82, 2.24) is 24.3 Å². The van der Waals surface area contributed by atoms with Gasteiger partial charge in [0.15, 0.2) is 0 Å². The number of carbonyl (C=O) groups is 2. The molecule has 4 rings (SSSR count). The highest BCUT2D eigenvalue weighted by molar-refractivity contribution is 5.74. The monoisotopic (exact) mass is 417 g/mol. The zero-order valence-electron chi connectivity index (χ0n) is 16.9. The number of pyridine rings is 1. The van der Waals surface area contributed by atoms with Crippen LogP contribution < -0.4 is 10.9 Å². The van der Waals surface area contributed by atoms with Crippen molar-refractivity contribution in [2.75, 3.05) is 26.8 Å². The van der Waals surface area contributed by atoms with Crippen molar-refractivity contribution in [3.05, 3.63) is 52.5 Å². The molecule has 2 amide bonds. The molecule has 2 aromatic rings. The normalized spacial score (nSPS) is 19.3. The van der Waals surface area contributed by atoms with Gasteiger partial charge in [-0.3, -0.25) is 9.59 Å². The van der Waals surface area contributed by atoms with Gasteiger partial charge in [0.2, 0.25) is 0 Å². The summed E-state index contributed by atoms with van der Waals surface area (Å²) in [5, 5.41) is 9.90. The van der Waals surface area contributed by atoms with Crippen molar-refractivity contribution in [2.45, 2.75) is 32.0 Å². The Morgan fingerprint density at radius 2 is 2.17 bits per heavy atom. The van der Waals surface area contributed by atoms with Gasteiger partial charge in [0, 0.05) is 57.2 Å². The number of piperidine rings is 1. The predicted molar refractivity (Wildman–Crippen MR) is 108 cm³/mol. The maximum Gasteiger partial charge on any atom is 0.317 e. The first-order valence-electron chi connectivity index (χ1n) is 9.85. The van der Waals surface area contributed by atoms with E-state index < -0.39 is 0 Å². The largest absolute Gasteiger partial charge is 0.483 e. The molecule has 2 aliphatic rings. The molecule has 2 atom stereocenters. The lowest BCUT2D eigenvalue weighted by atomic mass is 9.83. The van der Waals surface area contributed by atoms with Crippen molar-refractivity contribution in [3.63, 3.8) is 0 Å². The van der Waals surface area contributed by atoms with Crippen LogP contribution in [0.4, 0.5) is 4.79 Å². The van der Waals surface area contributed by atoms with Crippen molar-refractivity contribution in [2.24, 2.45) is 5.92 Å². The molecule has 0 saturated carbocycles. The summed E-state index contributed by atoms with van der Waals surface area (Å²) in [4.78, 5) is 39.2. The van der Waals surface area contributed by atoms with E-state index in [2.05, 4.69) is 10.3 Å². The maximum absolute atomic E-state index is 12.7. The summed E-state index contributed by atoms with van der Waals surface area (Å²) in [6, 6.07) is 5.38. The molecule has 2 aromatic heterocycles. The van der Waals surface area contributed by atoms with E-state index in [1.807, 2.05) is 26.2 Å². The number of hydrogen-bond acceptors (Lipinski definition) is 5. The van der Waals surface area contributed by atoms with E-state index in [0.717, 1.165) is 17.8 Å². The van der Waals surface area contributed by atoms with Gasteiger partial charge in [-0.2, -0.15) is 0 Å². The molecule has 2 bridgehead atoms. The minimum Gasteiger partial charge on any atom is -0.483 e. The van der Waals surface area contributed by atoms with E-state index in [1.54, 1.807) is 25.7 Å². The van der Waals surface area contributed by atoms with E-state index in [-0.39, 0.29) is 24.0 Å². The Bertz CT molecular complexity index is 924. The van der Waals surface area contributed by atoms with Crippen LogP contribution in [0.15, 0.2) is 35.5 Å². The van der Waals surface area contributed by atoms with Crippen LogP contribution in [0, 0.1) is 5.92 Å². The number of fused-ring (bicyclic) bond motifs is 4. The fourth-order valence-corrected chi connectivity index (χ4v) is 4.23. The van der Waals surface area contributed by atoms with E-state index in [4.69, 9.17) is 14.6 Å². The van der Waals surface area contributed by atoms with Gasteiger partial charge in [0.05, 0.1) is 25.2 Å². The summed E-state index contributed by atoms with van der Waals surface area (Å²) in [5.41, 5.74) is 2.06. The molecule has 162 valence electrons. The van der Waals surface area contributed by atoms with Gasteiger partial charge in [-0.15, -0.1) is 0 Å². The molecule has 0 spiro atoms. The smallest absolute Gasteiger partial charge is 0.317 e. The first-order chi connectivity index (χ1) is 14.6. The number of urea groups is 1. The second-order valence-electron chi connectivity index (χ2n) is 7.44. The zero-order chi connectivity index (χ0) is 21.5. The van der Waals surface area contributed by atoms with Gasteiger partial charge in [0.25, 0.3) is 12.0 Å². The lowest BCUT2D eigenvalue weighted by Crippen LogP contribution is -2.51. The summed E-state index contributed by atoms with van der Waals surface area (Å²) in [7, 11) is 1.66. The van der Waals surface area contributed by atoms with Crippen LogP contribution >= 0.6 is 0 Å². The zero-order valence-corrected chi connectivity index (χ0v) is 16.9. The molecular formula is C20H27N5O5. The van der Waals surface area contributed by atoms with E-state index in [0.29, 0.717) is 45.2 Å². The van der Waals surface area contributed by atoms with Gasteiger partial charge in [-0.1, -0.05) is 6.07 Å². The first kappa shape index (κ1) is 21.6. The van der Waals surface area contributed by atoms with Crippen LogP contribution in [-0.2, 0) is 29.2 Å². The Labute approximate surface area is 174 Å². The second kappa shape index (κ2) is 10.1. The number of amides is 2. The van der Waals surface area contributed by atoms with Crippen molar-refractivity contribution >= 4 is 12.5 Å². The average molecular weight is 417 g/mol. The summed E-state index contributed by atoms with van der Waals surface area (Å²) in [5.74, 6) is 0.554. The molecule has 4 heterocycles. The van der Waals surface area contributed by atoms with Crippen LogP contribution in [-0.4, -0.2) is 63.4 Å². The van der Waals surface area contributed by atoms with Crippen LogP contribution in [0.2, 0.25) is 0 Å². The number of methoxy groups -OCH3 is 1. The Hall–Kier alpha value is -3.14. The molecule has 30 heavy (non-hydrogen) atoms. The standard InChI is InChI=1S/C19H25N5O3.CH2O2/c1-27-6-5-22-13-20-8-16(22)9-21-19(26)23-10-14-7-15(12-23)17-3-2-4-18(25)24(17)11-14;2-1-3/h2-4,8,13-15H,5-7,9-12H2,1H3,(H,21,26);1H,(H,2,3)/t14-,15+;/m0./s1. The fraction of sp³-hybridized carbons (Fsp3) is 0.500. The molecule has 1 fully saturated rings. The lowest BCUT2D eigenvalue weighted by molar-refractivity contribution is -0.122. The number of carbonyl (C=O) groups excluding carboxylic acids is 1. The highest BCUT2D eigenvalue weighted by atomic mass is 16.5. The van der Waals surface area contributed by atoms with Gasteiger partial charge >= 0.3 is 6.03 Å². The van der Waals surface area contributed by atoms with Crippen LogP contribution in [0.1, 0.15) is 23.7 Å². The molecule has 2 aliphatic heterocycles. The van der Waals surface area contributed by atoms with E-state index in [1.165, 1.54) is 0 Å². The van der Waals surface area contributed by atoms with Crippen LogP contribution in [0.3, 0.4) is 0 Å². The predicted octanol–water partition coefficient (Wildman–Crippen LogP) is 0.721. The Balaban J connectivity index is 0.000000806. The number of imidazole rings is 1. The van der Waals surface area contributed by atoms with Crippen LogP contribution in [0.5, 0.6) is 0 Å². The van der Waals surface area contributed by atoms with Gasteiger partial charge in [-0.05, 0) is 18.4 Å². The number of nitrogens with zero attached hydrogens (tertiary/aromatic N) is 4. The lowest BCUT2D eigenvalue weighted by Gasteiger charge is -2.42. The Morgan fingerprint density at radius 3 is 2.93 bits per heavy atom. The number of likely N-dealkylation sites (tertiary alicyclic amines) is 1. The Morgan fingerprint density at radius 1 is 1.37 bits per heavy atom. The third kappa shape index (κ3) is 4.88. The minimum absolute atomic E-state index is 0.0593. The molecule has 1 saturated heterocycles. The SMILES string of the molecule is COCCn1cncc1CNC(=O)N1C[C@@H]2C[C@H](C1)c1cccc(=O)n1C2.O=CO. The van der Waals surface area contributed by atoms with Crippen molar-refractivity contribution in [3.8, 4) is 0 Å². The molecule has 0 unspecified atom stereocenters. The molecule has 10 nitrogen and oxygen atoms in total. The van der Waals surface area contributed by atoms with E-state index >= 15 is 0 Å². The summed E-state index contributed by atoms with van der Waals surface area (Å²) >= 11 is 0. The molecule has 0 aliphatic carbocycles. The molecule has 0 aromatic carbocycles. The second-order valence-corrected chi connectivity index (χ2v) is 7.44. The van der Waals surface area contributed by atoms with E-state index in [9.17, 15) is 9.59 Å². The first-order valence-corrected chi connectivity index (χ1v) is 9.85. The summed E-state index contributed by atoms with van der Waals surface area (Å²) in [6.07, 6.45) is 4.56. The molecule has 10 heteroatoms. The summed E-state index contributed by atoms with van der Waals surface area (Å²) < 4.78 is 8.96. The summed E-state index contributed by atoms with van der Waals surface area (Å²) in [6.45, 7) is 3.52. The quantitative estimate of drug-likeness (QED) is 0.692. The number of aromatic nitrogens is 3. The highest BCUT2D eigenvalue weighted by Crippen LogP contribution is 2.34. The number of nitrogens with one attached hydrogen (secondary N) is 1. The maximum atomic E-state index is 12.7. The van der Waals surface area contributed by atoms with Crippen LogP contribution in [0.25, 0.3) is 0 Å². The molecule has 0 radical (unpaired) electrons. The molecular weight excluding hydrogens is 390 g/mol. The number of hydrogen-bond donors (Lipinski definition) is 2.